The SMILES string of the molecule is COc1cc2nc(CCn3c(=O)n4n(c3=O)[C@@H]3C[C@@]5(Cl)C(=O)N(CBr)C(=O)[C@@]5(Cl)[C@@H](c5ccccc5OCCO)C3=CC4)c(=O)n(C)c2cc1OC. The average molecular weight is 820 g/mol. The number of imide groups is 1. The summed E-state index contributed by atoms with van der Waals surface area (Å²) in [5.74, 6) is -1.41. The van der Waals surface area contributed by atoms with Gasteiger partial charge in [-0.25, -0.2) is 28.5 Å². The molecule has 7 rings (SSSR count). The van der Waals surface area contributed by atoms with Gasteiger partial charge in [-0.1, -0.05) is 40.2 Å². The molecule has 2 aromatic carbocycles. The summed E-state index contributed by atoms with van der Waals surface area (Å²) >= 11 is 17.8. The minimum Gasteiger partial charge on any atom is -0.493 e. The highest BCUT2D eigenvalue weighted by Gasteiger charge is 2.75. The Bertz CT molecular complexity index is 2370. The maximum absolute atomic E-state index is 14.3. The molecule has 52 heavy (non-hydrogen) atoms. The molecule has 2 aliphatic heterocycles. The number of aromatic nitrogens is 5. The lowest BCUT2D eigenvalue weighted by molar-refractivity contribution is -0.138. The van der Waals surface area contributed by atoms with Crippen LogP contribution in [0.1, 0.15) is 29.6 Å². The molecule has 18 heteroatoms. The summed E-state index contributed by atoms with van der Waals surface area (Å²) in [6.07, 6.45) is 1.38. The number of likely N-dealkylation sites (tertiary alicyclic amines) is 1. The number of hydrogen-bond acceptors (Lipinski definition) is 10. The molecule has 1 N–H and O–H groups in total. The van der Waals surface area contributed by atoms with Gasteiger partial charge in [0.05, 0.1) is 49.9 Å². The first kappa shape index (κ1) is 36.0. The normalized spacial score (nSPS) is 23.7. The highest BCUT2D eigenvalue weighted by atomic mass is 79.9. The molecule has 274 valence electrons. The van der Waals surface area contributed by atoms with Gasteiger partial charge in [-0.3, -0.25) is 19.3 Å². The fourth-order valence-electron chi connectivity index (χ4n) is 7.70. The number of carbonyl (C=O) groups excluding carboxylic acids is 2. The van der Waals surface area contributed by atoms with Gasteiger partial charge in [0, 0.05) is 50.0 Å². The van der Waals surface area contributed by atoms with Crippen LogP contribution in [0, 0.1) is 0 Å². The third-order valence-corrected chi connectivity index (χ3v) is 12.1. The number of aryl methyl sites for hydroxylation is 2. The molecule has 4 aromatic rings. The Morgan fingerprint density at radius 1 is 1.00 bits per heavy atom. The molecule has 1 saturated carbocycles. The van der Waals surface area contributed by atoms with Crippen molar-refractivity contribution in [2.75, 3.05) is 32.9 Å². The molecule has 0 spiro atoms. The van der Waals surface area contributed by atoms with Crippen LogP contribution in [-0.2, 0) is 36.1 Å². The fourth-order valence-corrected chi connectivity index (χ4v) is 9.09. The molecule has 0 radical (unpaired) electrons. The second-order valence-corrected chi connectivity index (χ2v) is 14.4. The number of halogens is 3. The predicted molar refractivity (Wildman–Crippen MR) is 193 cm³/mol. The van der Waals surface area contributed by atoms with E-state index in [0.29, 0.717) is 39.4 Å². The van der Waals surface area contributed by atoms with Crippen LogP contribution < -0.4 is 31.1 Å². The summed E-state index contributed by atoms with van der Waals surface area (Å²) < 4.78 is 21.5. The average Bonchev–Trinajstić information content (AvgIpc) is 3.47. The van der Waals surface area contributed by atoms with Crippen LogP contribution in [0.15, 0.2) is 62.4 Å². The molecule has 2 fully saturated rings. The minimum atomic E-state index is -2.04. The van der Waals surface area contributed by atoms with Crippen molar-refractivity contribution in [3.63, 3.8) is 0 Å². The van der Waals surface area contributed by atoms with Crippen LogP contribution >= 0.6 is 39.1 Å². The van der Waals surface area contributed by atoms with Crippen molar-refractivity contribution in [1.82, 2.24) is 28.4 Å². The second kappa shape index (κ2) is 13.2. The first-order chi connectivity index (χ1) is 24.9. The van der Waals surface area contributed by atoms with E-state index < -0.39 is 50.5 Å². The van der Waals surface area contributed by atoms with Crippen molar-refractivity contribution in [1.29, 1.82) is 0 Å². The smallest absolute Gasteiger partial charge is 0.347 e. The van der Waals surface area contributed by atoms with Gasteiger partial charge < -0.3 is 23.9 Å². The third kappa shape index (κ3) is 5.01. The van der Waals surface area contributed by atoms with Crippen molar-refractivity contribution in [2.45, 2.75) is 47.6 Å². The topological polar surface area (TPSA) is 169 Å². The number of alkyl halides is 3. The van der Waals surface area contributed by atoms with Crippen LogP contribution in [0.25, 0.3) is 11.0 Å². The predicted octanol–water partition coefficient (Wildman–Crippen LogP) is 2.03. The molecule has 4 atom stereocenters. The Morgan fingerprint density at radius 3 is 2.40 bits per heavy atom. The molecule has 4 heterocycles. The van der Waals surface area contributed by atoms with Gasteiger partial charge in [0.2, 0.25) is 0 Å². The van der Waals surface area contributed by atoms with Gasteiger partial charge in [0.1, 0.15) is 18.1 Å². The van der Waals surface area contributed by atoms with E-state index in [4.69, 9.17) is 37.4 Å². The monoisotopic (exact) mass is 818 g/mol. The van der Waals surface area contributed by atoms with Crippen LogP contribution in [0.5, 0.6) is 17.2 Å². The van der Waals surface area contributed by atoms with Gasteiger partial charge in [0.15, 0.2) is 21.2 Å². The number of aliphatic hydroxyl groups excluding tert-OH is 1. The summed E-state index contributed by atoms with van der Waals surface area (Å²) in [4.78, 5) is 70.9. The molecule has 1 saturated heterocycles. The van der Waals surface area contributed by atoms with Crippen LogP contribution in [0.3, 0.4) is 0 Å². The Morgan fingerprint density at radius 2 is 1.71 bits per heavy atom. The lowest BCUT2D eigenvalue weighted by Crippen LogP contribution is -2.59. The van der Waals surface area contributed by atoms with E-state index in [1.54, 1.807) is 49.5 Å². The van der Waals surface area contributed by atoms with Crippen molar-refractivity contribution in [3.8, 4) is 17.2 Å². The van der Waals surface area contributed by atoms with Gasteiger partial charge in [-0.05, 0) is 11.6 Å². The lowest BCUT2D eigenvalue weighted by Gasteiger charge is -2.49. The number of hydrogen-bond donors (Lipinski definition) is 1. The third-order valence-electron chi connectivity index (χ3n) is 10.2. The number of benzene rings is 2. The molecule has 3 aliphatic rings. The van der Waals surface area contributed by atoms with E-state index in [1.165, 1.54) is 28.2 Å². The molecule has 2 amide bonds. The Labute approximate surface area is 313 Å². The molecular formula is C34H33BrCl2N6O9. The van der Waals surface area contributed by atoms with Crippen molar-refractivity contribution < 1.29 is 28.9 Å². The summed E-state index contributed by atoms with van der Waals surface area (Å²) in [5, 5.41) is 9.50. The zero-order valence-corrected chi connectivity index (χ0v) is 31.3. The van der Waals surface area contributed by atoms with Crippen molar-refractivity contribution in [2.24, 2.45) is 7.05 Å². The number of carbonyl (C=O) groups is 2. The summed E-state index contributed by atoms with van der Waals surface area (Å²) in [5.41, 5.74) is 0.0519. The number of aliphatic hydroxyl groups is 1. The molecule has 15 nitrogen and oxygen atoms in total. The number of methoxy groups -OCH3 is 2. The zero-order valence-electron chi connectivity index (χ0n) is 28.2. The molecule has 2 aromatic heterocycles. The molecule has 0 bridgehead atoms. The standard InChI is InChI=1S/C34H33BrCl2N6O9/c1-39-22-15-26(51-3)25(50-2)14-21(22)38-20(28(39)45)9-10-40-31(48)42-11-8-18-23(43(42)32(40)49)16-33(36)29(46)41(17-35)30(47)34(33,37)27(18)19-6-4-5-7-24(19)52-13-12-44/h4-8,14-15,23,27,44H,9-13,16-17H2,1-3H3/t23-,27-,33-,34+/m1/s1. The number of fused-ring (bicyclic) bond motifs is 5. The van der Waals surface area contributed by atoms with E-state index in [0.717, 1.165) is 9.47 Å². The molecular weight excluding hydrogens is 787 g/mol. The van der Waals surface area contributed by atoms with E-state index in [-0.39, 0.29) is 50.3 Å². The maximum atomic E-state index is 14.3. The van der Waals surface area contributed by atoms with Crippen LogP contribution in [0.4, 0.5) is 0 Å². The van der Waals surface area contributed by atoms with E-state index in [1.807, 2.05) is 0 Å². The number of ether oxygens (including phenoxy) is 3. The van der Waals surface area contributed by atoms with Gasteiger partial charge >= 0.3 is 11.4 Å². The van der Waals surface area contributed by atoms with Crippen molar-refractivity contribution >= 4 is 62.0 Å². The summed E-state index contributed by atoms with van der Waals surface area (Å²) in [7, 11) is 4.56. The Balaban J connectivity index is 1.32. The highest BCUT2D eigenvalue weighted by molar-refractivity contribution is 9.09. The first-order valence-corrected chi connectivity index (χ1v) is 18.1. The summed E-state index contributed by atoms with van der Waals surface area (Å²) in [6, 6.07) is 9.06. The van der Waals surface area contributed by atoms with Gasteiger partial charge in [-0.15, -0.1) is 23.2 Å². The quantitative estimate of drug-likeness (QED) is 0.108. The first-order valence-electron chi connectivity index (χ1n) is 16.2. The number of allylic oxidation sites excluding steroid dienone is 2. The number of amides is 2. The number of para-hydroxylation sites is 1. The lowest BCUT2D eigenvalue weighted by atomic mass is 9.64. The maximum Gasteiger partial charge on any atom is 0.347 e. The van der Waals surface area contributed by atoms with E-state index in [2.05, 4.69) is 20.9 Å². The van der Waals surface area contributed by atoms with Crippen LogP contribution in [-0.4, -0.2) is 87.9 Å². The van der Waals surface area contributed by atoms with Crippen LogP contribution in [0.2, 0.25) is 0 Å². The zero-order chi connectivity index (χ0) is 37.3. The van der Waals surface area contributed by atoms with E-state index in [9.17, 15) is 29.1 Å². The Hall–Kier alpha value is -4.38. The Kier molecular flexibility index (Phi) is 9.16. The molecule has 0 unspecified atom stereocenters. The highest BCUT2D eigenvalue weighted by Crippen LogP contribution is 2.64. The largest absolute Gasteiger partial charge is 0.493 e. The number of nitrogens with zero attached hydrogens (tertiary/aromatic N) is 6. The summed E-state index contributed by atoms with van der Waals surface area (Å²) in [6.45, 7) is -0.599. The van der Waals surface area contributed by atoms with Gasteiger partial charge in [0.25, 0.3) is 17.4 Å². The van der Waals surface area contributed by atoms with E-state index >= 15 is 0 Å². The van der Waals surface area contributed by atoms with Gasteiger partial charge in [-0.2, -0.15) is 0 Å². The second-order valence-electron chi connectivity index (χ2n) is 12.6. The van der Waals surface area contributed by atoms with Crippen molar-refractivity contribution in [3.05, 3.63) is 90.6 Å². The number of rotatable bonds is 10. The fraction of sp³-hybridized carbons (Fsp3) is 0.412. The minimum absolute atomic E-state index is 0.0588. The molecule has 1 aliphatic carbocycles.